The number of guanidine groups is 1. The van der Waals surface area contributed by atoms with Gasteiger partial charge in [-0.3, -0.25) is 5.41 Å². The van der Waals surface area contributed by atoms with Gasteiger partial charge in [0.2, 0.25) is 0 Å². The first kappa shape index (κ1) is 12.6. The van der Waals surface area contributed by atoms with Crippen molar-refractivity contribution in [3.8, 4) is 0 Å². The quantitative estimate of drug-likeness (QED) is 0.530. The number of ether oxygens (including phenoxy) is 1. The zero-order valence-electron chi connectivity index (χ0n) is 9.90. The fourth-order valence-corrected chi connectivity index (χ4v) is 1.72. The molecule has 0 radical (unpaired) electrons. The minimum absolute atomic E-state index is 0.0296. The molecule has 0 aromatic rings. The number of rotatable bonds is 2. The van der Waals surface area contributed by atoms with E-state index in [1.165, 1.54) is 0 Å². The highest BCUT2D eigenvalue weighted by atomic mass is 16.6. The van der Waals surface area contributed by atoms with Crippen molar-refractivity contribution >= 4 is 12.1 Å². The van der Waals surface area contributed by atoms with Crippen LogP contribution in [-0.2, 0) is 4.74 Å². The van der Waals surface area contributed by atoms with Gasteiger partial charge in [0, 0.05) is 25.7 Å². The second-order valence-electron chi connectivity index (χ2n) is 3.99. The van der Waals surface area contributed by atoms with E-state index in [-0.39, 0.29) is 18.1 Å². The molecule has 0 aromatic heterocycles. The van der Waals surface area contributed by atoms with E-state index < -0.39 is 0 Å². The molecule has 1 fully saturated rings. The van der Waals surface area contributed by atoms with Crippen LogP contribution in [0.25, 0.3) is 0 Å². The van der Waals surface area contributed by atoms with E-state index in [2.05, 4.69) is 0 Å². The largest absolute Gasteiger partial charge is 0.449 e. The summed E-state index contributed by atoms with van der Waals surface area (Å²) in [6.07, 6.45) is 0.561. The second-order valence-corrected chi connectivity index (χ2v) is 3.99. The molecule has 0 aromatic carbocycles. The second kappa shape index (κ2) is 5.58. The number of nitrogens with two attached hydrogens (primary N) is 1. The summed E-state index contributed by atoms with van der Waals surface area (Å²) in [5.41, 5.74) is 5.41. The van der Waals surface area contributed by atoms with Gasteiger partial charge in [0.25, 0.3) is 0 Å². The van der Waals surface area contributed by atoms with Crippen molar-refractivity contribution in [2.75, 3.05) is 26.2 Å². The van der Waals surface area contributed by atoms with E-state index in [0.717, 1.165) is 6.42 Å². The Labute approximate surface area is 95.8 Å². The third-order valence-electron chi connectivity index (χ3n) is 2.63. The first-order chi connectivity index (χ1) is 7.56. The van der Waals surface area contributed by atoms with Gasteiger partial charge in [-0.25, -0.2) is 4.79 Å². The molecule has 1 aliphatic rings. The number of hydrogen-bond acceptors (Lipinski definition) is 3. The number of amides is 1. The van der Waals surface area contributed by atoms with Crippen LogP contribution in [0.3, 0.4) is 0 Å². The van der Waals surface area contributed by atoms with Gasteiger partial charge in [0.05, 0.1) is 6.61 Å². The highest BCUT2D eigenvalue weighted by molar-refractivity contribution is 5.75. The van der Waals surface area contributed by atoms with Crippen molar-refractivity contribution in [2.24, 2.45) is 5.73 Å². The van der Waals surface area contributed by atoms with Crippen LogP contribution in [0.4, 0.5) is 4.79 Å². The van der Waals surface area contributed by atoms with E-state index in [4.69, 9.17) is 15.9 Å². The standard InChI is InChI=1S/C10H20N4O2/c1-3-6-16-10(15)14-5-4-13(9(11)12)7-8(14)2/h8H,3-7H2,1-2H3,(H3,11,12). The minimum atomic E-state index is -0.266. The summed E-state index contributed by atoms with van der Waals surface area (Å²) in [5.74, 6) is 0.0634. The average molecular weight is 228 g/mol. The van der Waals surface area contributed by atoms with Crippen LogP contribution in [0.15, 0.2) is 0 Å². The van der Waals surface area contributed by atoms with Crippen LogP contribution in [0, 0.1) is 5.41 Å². The molecule has 1 heterocycles. The maximum Gasteiger partial charge on any atom is 0.410 e. The molecule has 3 N–H and O–H groups in total. The molecule has 0 aliphatic carbocycles. The minimum Gasteiger partial charge on any atom is -0.449 e. The van der Waals surface area contributed by atoms with Gasteiger partial charge in [-0.05, 0) is 13.3 Å². The molecule has 1 aliphatic heterocycles. The predicted molar refractivity (Wildman–Crippen MR) is 61.3 cm³/mol. The maximum atomic E-state index is 11.6. The molecule has 6 nitrogen and oxygen atoms in total. The average Bonchev–Trinajstić information content (AvgIpc) is 2.25. The van der Waals surface area contributed by atoms with Crippen LogP contribution < -0.4 is 5.73 Å². The predicted octanol–water partition coefficient (Wildman–Crippen LogP) is 0.433. The summed E-state index contributed by atoms with van der Waals surface area (Å²) >= 11 is 0. The Morgan fingerprint density at radius 3 is 2.75 bits per heavy atom. The first-order valence-electron chi connectivity index (χ1n) is 5.58. The first-order valence-corrected chi connectivity index (χ1v) is 5.58. The fraction of sp³-hybridized carbons (Fsp3) is 0.800. The van der Waals surface area contributed by atoms with Crippen LogP contribution >= 0.6 is 0 Å². The van der Waals surface area contributed by atoms with Gasteiger partial charge >= 0.3 is 6.09 Å². The summed E-state index contributed by atoms with van der Waals surface area (Å²) in [7, 11) is 0. The van der Waals surface area contributed by atoms with Gasteiger partial charge in [-0.1, -0.05) is 6.92 Å². The molecule has 0 bridgehead atoms. The lowest BCUT2D eigenvalue weighted by atomic mass is 10.2. The van der Waals surface area contributed by atoms with E-state index in [0.29, 0.717) is 26.2 Å². The zero-order chi connectivity index (χ0) is 12.1. The third-order valence-corrected chi connectivity index (χ3v) is 2.63. The van der Waals surface area contributed by atoms with Gasteiger partial charge < -0.3 is 20.3 Å². The smallest absolute Gasteiger partial charge is 0.410 e. The molecular weight excluding hydrogens is 208 g/mol. The van der Waals surface area contributed by atoms with Crippen molar-refractivity contribution in [1.82, 2.24) is 9.80 Å². The summed E-state index contributed by atoms with van der Waals surface area (Å²) < 4.78 is 5.08. The van der Waals surface area contributed by atoms with Crippen molar-refractivity contribution < 1.29 is 9.53 Å². The highest BCUT2D eigenvalue weighted by Crippen LogP contribution is 2.10. The van der Waals surface area contributed by atoms with E-state index >= 15 is 0 Å². The SMILES string of the molecule is CCCOC(=O)N1CCN(C(=N)N)CC1C. The summed E-state index contributed by atoms with van der Waals surface area (Å²) in [6.45, 7) is 6.10. The molecule has 6 heteroatoms. The van der Waals surface area contributed by atoms with Gasteiger partial charge in [-0.2, -0.15) is 0 Å². The molecule has 1 atom stereocenters. The Balaban J connectivity index is 2.46. The topological polar surface area (TPSA) is 82.7 Å². The Morgan fingerprint density at radius 2 is 2.25 bits per heavy atom. The number of nitrogens with zero attached hydrogens (tertiary/aromatic N) is 2. The lowest BCUT2D eigenvalue weighted by molar-refractivity contribution is 0.0666. The van der Waals surface area contributed by atoms with Crippen LogP contribution in [0.2, 0.25) is 0 Å². The van der Waals surface area contributed by atoms with Crippen molar-refractivity contribution in [3.63, 3.8) is 0 Å². The molecule has 1 unspecified atom stereocenters. The summed E-state index contributed by atoms with van der Waals surface area (Å²) in [5, 5.41) is 7.33. The van der Waals surface area contributed by atoms with E-state index in [9.17, 15) is 4.79 Å². The molecule has 0 spiro atoms. The van der Waals surface area contributed by atoms with Gasteiger partial charge in [0.1, 0.15) is 0 Å². The molecular formula is C10H20N4O2. The van der Waals surface area contributed by atoms with Gasteiger partial charge in [-0.15, -0.1) is 0 Å². The lowest BCUT2D eigenvalue weighted by Crippen LogP contribution is -2.56. The van der Waals surface area contributed by atoms with Crippen molar-refractivity contribution in [3.05, 3.63) is 0 Å². The number of nitrogens with one attached hydrogen (secondary N) is 1. The number of carbonyl (C=O) groups is 1. The Morgan fingerprint density at radius 1 is 1.56 bits per heavy atom. The Kier molecular flexibility index (Phi) is 4.39. The molecule has 1 rings (SSSR count). The van der Waals surface area contributed by atoms with E-state index in [1.807, 2.05) is 13.8 Å². The zero-order valence-corrected chi connectivity index (χ0v) is 9.90. The Hall–Kier alpha value is -1.46. The highest BCUT2D eigenvalue weighted by Gasteiger charge is 2.28. The third kappa shape index (κ3) is 3.01. The maximum absolute atomic E-state index is 11.6. The lowest BCUT2D eigenvalue weighted by Gasteiger charge is -2.39. The normalized spacial score (nSPS) is 20.8. The number of piperazine rings is 1. The van der Waals surface area contributed by atoms with Crippen molar-refractivity contribution in [1.29, 1.82) is 5.41 Å². The molecule has 16 heavy (non-hydrogen) atoms. The van der Waals surface area contributed by atoms with E-state index in [1.54, 1.807) is 9.80 Å². The fourth-order valence-electron chi connectivity index (χ4n) is 1.72. The van der Waals surface area contributed by atoms with Crippen LogP contribution in [0.1, 0.15) is 20.3 Å². The van der Waals surface area contributed by atoms with Gasteiger partial charge in [0.15, 0.2) is 5.96 Å². The van der Waals surface area contributed by atoms with Crippen LogP contribution in [0.5, 0.6) is 0 Å². The summed E-state index contributed by atoms with van der Waals surface area (Å²) in [6, 6.07) is 0.0296. The Bertz CT molecular complexity index is 270. The molecule has 0 saturated carbocycles. The number of carbonyl (C=O) groups excluding carboxylic acids is 1. The number of hydrogen-bond donors (Lipinski definition) is 2. The summed E-state index contributed by atoms with van der Waals surface area (Å²) in [4.78, 5) is 15.1. The molecule has 1 amide bonds. The molecule has 1 saturated heterocycles. The monoisotopic (exact) mass is 228 g/mol. The van der Waals surface area contributed by atoms with Crippen molar-refractivity contribution in [2.45, 2.75) is 26.3 Å². The van der Waals surface area contributed by atoms with Crippen LogP contribution in [-0.4, -0.2) is 54.1 Å². The molecule has 92 valence electrons.